The number of esters is 3. The molecule has 6 nitrogen and oxygen atoms in total. The van der Waals surface area contributed by atoms with Crippen molar-refractivity contribution in [2.45, 2.75) is 214 Å². The van der Waals surface area contributed by atoms with Gasteiger partial charge in [-0.3, -0.25) is 14.4 Å². The van der Waals surface area contributed by atoms with E-state index in [9.17, 15) is 14.4 Å². The Balaban J connectivity index is 4.32. The Morgan fingerprint density at radius 2 is 0.733 bits per heavy atom. The summed E-state index contributed by atoms with van der Waals surface area (Å²) in [5.41, 5.74) is 0. The van der Waals surface area contributed by atoms with Gasteiger partial charge in [-0.2, -0.15) is 0 Å². The Hall–Kier alpha value is -1.59. The standard InChI is InChI=1S/C39H74O6/c1-5-7-9-11-13-14-15-19-22-26-30-37(40)43-33-36(45-39(42)32-28-24-17-12-10-8-6-2)34-44-38(41)31-27-23-20-16-18-21-25-29-35(3)4/h35-36H,5-34H2,1-4H3/t36-/m1/s1. The van der Waals surface area contributed by atoms with Crippen molar-refractivity contribution in [1.29, 1.82) is 0 Å². The van der Waals surface area contributed by atoms with Gasteiger partial charge < -0.3 is 14.2 Å². The van der Waals surface area contributed by atoms with E-state index in [1.807, 2.05) is 0 Å². The first-order chi connectivity index (χ1) is 21.9. The van der Waals surface area contributed by atoms with Crippen LogP contribution >= 0.6 is 0 Å². The molecule has 0 saturated heterocycles. The van der Waals surface area contributed by atoms with E-state index >= 15 is 0 Å². The lowest BCUT2D eigenvalue weighted by molar-refractivity contribution is -0.167. The number of hydrogen-bond acceptors (Lipinski definition) is 6. The molecule has 0 aliphatic heterocycles. The molecule has 0 radical (unpaired) electrons. The first-order valence-electron chi connectivity index (χ1n) is 19.4. The SMILES string of the molecule is CCCCCCCCCCCCC(=O)OC[C@H](COC(=O)CCCCCCCCCC(C)C)OC(=O)CCCCCCCCC. The fourth-order valence-electron chi connectivity index (χ4n) is 5.57. The fourth-order valence-corrected chi connectivity index (χ4v) is 5.57. The van der Waals surface area contributed by atoms with Crippen molar-refractivity contribution < 1.29 is 28.6 Å². The van der Waals surface area contributed by atoms with Crippen molar-refractivity contribution in [3.8, 4) is 0 Å². The molecule has 0 aromatic rings. The Labute approximate surface area is 278 Å². The second-order valence-electron chi connectivity index (χ2n) is 13.7. The smallest absolute Gasteiger partial charge is 0.306 e. The van der Waals surface area contributed by atoms with Crippen LogP contribution in [0.4, 0.5) is 0 Å². The monoisotopic (exact) mass is 639 g/mol. The summed E-state index contributed by atoms with van der Waals surface area (Å²) >= 11 is 0. The zero-order valence-electron chi connectivity index (χ0n) is 30.3. The Morgan fingerprint density at radius 1 is 0.422 bits per heavy atom. The van der Waals surface area contributed by atoms with E-state index in [0.29, 0.717) is 19.3 Å². The van der Waals surface area contributed by atoms with E-state index in [1.165, 1.54) is 103 Å². The molecule has 0 amide bonds. The molecule has 6 heteroatoms. The molecule has 0 aromatic carbocycles. The average Bonchev–Trinajstić information content (AvgIpc) is 3.01. The van der Waals surface area contributed by atoms with Gasteiger partial charge in [0.1, 0.15) is 13.2 Å². The molecule has 0 unspecified atom stereocenters. The molecule has 0 aliphatic carbocycles. The van der Waals surface area contributed by atoms with Crippen molar-refractivity contribution in [3.63, 3.8) is 0 Å². The molecule has 0 rings (SSSR count). The highest BCUT2D eigenvalue weighted by molar-refractivity contribution is 5.71. The Bertz CT molecular complexity index is 676. The summed E-state index contributed by atoms with van der Waals surface area (Å²) in [4.78, 5) is 37.3. The minimum Gasteiger partial charge on any atom is -0.462 e. The van der Waals surface area contributed by atoms with E-state index in [-0.39, 0.29) is 31.1 Å². The van der Waals surface area contributed by atoms with Crippen molar-refractivity contribution >= 4 is 17.9 Å². The minimum atomic E-state index is -0.756. The molecule has 0 heterocycles. The molecule has 1 atom stereocenters. The first-order valence-corrected chi connectivity index (χ1v) is 19.4. The van der Waals surface area contributed by atoms with Crippen molar-refractivity contribution in [1.82, 2.24) is 0 Å². The third-order valence-electron chi connectivity index (χ3n) is 8.54. The molecule has 0 saturated carbocycles. The van der Waals surface area contributed by atoms with Gasteiger partial charge in [0.2, 0.25) is 0 Å². The second kappa shape index (κ2) is 33.8. The van der Waals surface area contributed by atoms with Crippen molar-refractivity contribution in [3.05, 3.63) is 0 Å². The molecule has 0 bridgehead atoms. The summed E-state index contributed by atoms with van der Waals surface area (Å²) in [6.07, 6.45) is 29.6. The zero-order valence-corrected chi connectivity index (χ0v) is 30.3. The van der Waals surface area contributed by atoms with Crippen LogP contribution in [0, 0.1) is 5.92 Å². The highest BCUT2D eigenvalue weighted by Crippen LogP contribution is 2.15. The van der Waals surface area contributed by atoms with Crippen LogP contribution in [0.25, 0.3) is 0 Å². The normalized spacial score (nSPS) is 11.9. The van der Waals surface area contributed by atoms with E-state index in [0.717, 1.165) is 63.7 Å². The maximum atomic E-state index is 12.5. The summed E-state index contributed by atoms with van der Waals surface area (Å²) < 4.78 is 16.5. The lowest BCUT2D eigenvalue weighted by Gasteiger charge is -2.18. The van der Waals surface area contributed by atoms with Crippen LogP contribution in [0.1, 0.15) is 207 Å². The Morgan fingerprint density at radius 3 is 1.09 bits per heavy atom. The summed E-state index contributed by atoms with van der Waals surface area (Å²) in [6, 6.07) is 0. The Kier molecular flexibility index (Phi) is 32.6. The molecular weight excluding hydrogens is 564 g/mol. The zero-order chi connectivity index (χ0) is 33.2. The summed E-state index contributed by atoms with van der Waals surface area (Å²) in [7, 11) is 0. The lowest BCUT2D eigenvalue weighted by atomic mass is 10.0. The molecular formula is C39H74O6. The number of carbonyl (C=O) groups is 3. The highest BCUT2D eigenvalue weighted by Gasteiger charge is 2.19. The predicted molar refractivity (Wildman–Crippen MR) is 187 cm³/mol. The number of ether oxygens (including phenoxy) is 3. The van der Waals surface area contributed by atoms with Gasteiger partial charge in [0.05, 0.1) is 0 Å². The van der Waals surface area contributed by atoms with Gasteiger partial charge in [0.15, 0.2) is 6.10 Å². The third-order valence-corrected chi connectivity index (χ3v) is 8.54. The van der Waals surface area contributed by atoms with Gasteiger partial charge in [-0.15, -0.1) is 0 Å². The predicted octanol–water partition coefficient (Wildman–Crippen LogP) is 11.6. The van der Waals surface area contributed by atoms with Gasteiger partial charge >= 0.3 is 17.9 Å². The topological polar surface area (TPSA) is 78.9 Å². The molecule has 0 aliphatic rings. The highest BCUT2D eigenvalue weighted by atomic mass is 16.6. The van der Waals surface area contributed by atoms with Crippen LogP contribution in [-0.2, 0) is 28.6 Å². The lowest BCUT2D eigenvalue weighted by Crippen LogP contribution is -2.30. The minimum absolute atomic E-state index is 0.0660. The maximum Gasteiger partial charge on any atom is 0.306 e. The summed E-state index contributed by atoms with van der Waals surface area (Å²) in [5.74, 6) is -0.0932. The van der Waals surface area contributed by atoms with Crippen LogP contribution < -0.4 is 0 Å². The van der Waals surface area contributed by atoms with Crippen LogP contribution in [0.2, 0.25) is 0 Å². The second-order valence-corrected chi connectivity index (χ2v) is 13.7. The number of rotatable bonds is 34. The number of unbranched alkanes of at least 4 members (excludes halogenated alkanes) is 21. The number of carbonyl (C=O) groups excluding carboxylic acids is 3. The molecule has 0 fully saturated rings. The molecule has 45 heavy (non-hydrogen) atoms. The van der Waals surface area contributed by atoms with Crippen LogP contribution in [0.15, 0.2) is 0 Å². The van der Waals surface area contributed by atoms with E-state index in [1.54, 1.807) is 0 Å². The van der Waals surface area contributed by atoms with E-state index < -0.39 is 6.10 Å². The van der Waals surface area contributed by atoms with E-state index in [2.05, 4.69) is 27.7 Å². The van der Waals surface area contributed by atoms with Crippen molar-refractivity contribution in [2.24, 2.45) is 5.92 Å². The third kappa shape index (κ3) is 33.6. The quantitative estimate of drug-likeness (QED) is 0.0396. The van der Waals surface area contributed by atoms with Gasteiger partial charge in [0.25, 0.3) is 0 Å². The largest absolute Gasteiger partial charge is 0.462 e. The van der Waals surface area contributed by atoms with Crippen molar-refractivity contribution in [2.75, 3.05) is 13.2 Å². The molecule has 0 aromatic heterocycles. The van der Waals surface area contributed by atoms with E-state index in [4.69, 9.17) is 14.2 Å². The first kappa shape index (κ1) is 43.4. The molecule has 266 valence electrons. The molecule has 0 N–H and O–H groups in total. The van der Waals surface area contributed by atoms with Gasteiger partial charge in [-0.05, 0) is 25.2 Å². The van der Waals surface area contributed by atoms with Gasteiger partial charge in [-0.25, -0.2) is 0 Å². The van der Waals surface area contributed by atoms with Gasteiger partial charge in [0, 0.05) is 19.3 Å². The summed E-state index contributed by atoms with van der Waals surface area (Å²) in [5, 5.41) is 0. The van der Waals surface area contributed by atoms with Crippen LogP contribution in [0.5, 0.6) is 0 Å². The van der Waals surface area contributed by atoms with Gasteiger partial charge in [-0.1, -0.05) is 169 Å². The molecule has 0 spiro atoms. The van der Waals surface area contributed by atoms with Crippen LogP contribution in [0.3, 0.4) is 0 Å². The average molecular weight is 639 g/mol. The summed E-state index contributed by atoms with van der Waals surface area (Å²) in [6.45, 7) is 8.86. The van der Waals surface area contributed by atoms with Crippen LogP contribution in [-0.4, -0.2) is 37.2 Å². The number of hydrogen-bond donors (Lipinski definition) is 0. The maximum absolute atomic E-state index is 12.5. The fraction of sp³-hybridized carbons (Fsp3) is 0.923.